The van der Waals surface area contributed by atoms with Crippen molar-refractivity contribution in [2.75, 3.05) is 34.7 Å². The zero-order valence-corrected chi connectivity index (χ0v) is 19.9. The molecule has 1 saturated heterocycles. The fourth-order valence-corrected chi connectivity index (χ4v) is 4.46. The van der Waals surface area contributed by atoms with E-state index in [2.05, 4.69) is 50.1 Å². The number of ether oxygens (including phenoxy) is 1. The second kappa shape index (κ2) is 9.23. The average Bonchev–Trinajstić information content (AvgIpc) is 3.43. The standard InChI is InChI=1S/C22H24BrN5O2S/c1-26-21(20(23)14-24-26)15-11-17(27-9-3-4-10-27)13-18(12-15)28(31)22(29)25-16-5-7-19(30-2)8-6-16/h5-8,11-14,31H,3-4,9-10H2,1-2H3,(H,25,29). The van der Waals surface area contributed by atoms with Gasteiger partial charge in [0.05, 0.1) is 29.2 Å². The van der Waals surface area contributed by atoms with Gasteiger partial charge in [-0.05, 0) is 71.2 Å². The maximum Gasteiger partial charge on any atom is 0.336 e. The van der Waals surface area contributed by atoms with Crippen LogP contribution in [0.25, 0.3) is 11.3 Å². The molecule has 0 saturated carbocycles. The summed E-state index contributed by atoms with van der Waals surface area (Å²) in [6, 6.07) is 12.9. The number of anilines is 3. The Hall–Kier alpha value is -2.65. The van der Waals surface area contributed by atoms with Crippen LogP contribution in [0.4, 0.5) is 21.9 Å². The van der Waals surface area contributed by atoms with E-state index in [-0.39, 0.29) is 6.03 Å². The fourth-order valence-electron chi connectivity index (χ4n) is 3.72. The highest BCUT2D eigenvalue weighted by atomic mass is 79.9. The first kappa shape index (κ1) is 21.6. The Morgan fingerprint density at radius 3 is 2.52 bits per heavy atom. The number of benzene rings is 2. The number of urea groups is 1. The molecule has 0 unspecified atom stereocenters. The van der Waals surface area contributed by atoms with Gasteiger partial charge in [0.15, 0.2) is 0 Å². The molecule has 0 aliphatic carbocycles. The molecule has 0 bridgehead atoms. The molecule has 1 aromatic heterocycles. The topological polar surface area (TPSA) is 62.6 Å². The third-order valence-electron chi connectivity index (χ3n) is 5.32. The van der Waals surface area contributed by atoms with E-state index in [0.717, 1.165) is 53.1 Å². The van der Waals surface area contributed by atoms with Crippen molar-refractivity contribution in [3.8, 4) is 17.0 Å². The number of halogens is 1. The Morgan fingerprint density at radius 2 is 1.90 bits per heavy atom. The molecule has 162 valence electrons. The number of amides is 2. The molecule has 4 rings (SSSR count). The lowest BCUT2D eigenvalue weighted by molar-refractivity contribution is 0.260. The Morgan fingerprint density at radius 1 is 1.19 bits per heavy atom. The quantitative estimate of drug-likeness (QED) is 0.463. The maximum atomic E-state index is 12.9. The zero-order chi connectivity index (χ0) is 22.0. The molecule has 2 heterocycles. The average molecular weight is 502 g/mol. The molecule has 0 radical (unpaired) electrons. The van der Waals surface area contributed by atoms with Crippen molar-refractivity contribution in [2.24, 2.45) is 7.05 Å². The van der Waals surface area contributed by atoms with Crippen molar-refractivity contribution < 1.29 is 9.53 Å². The number of aryl methyl sites for hydroxylation is 1. The van der Waals surface area contributed by atoms with Crippen LogP contribution in [0.1, 0.15) is 12.8 Å². The number of thiol groups is 1. The fraction of sp³-hybridized carbons (Fsp3) is 0.273. The van der Waals surface area contributed by atoms with Gasteiger partial charge in [-0.2, -0.15) is 5.10 Å². The summed E-state index contributed by atoms with van der Waals surface area (Å²) in [6.45, 7) is 2.00. The van der Waals surface area contributed by atoms with Crippen molar-refractivity contribution in [1.29, 1.82) is 0 Å². The molecule has 7 nitrogen and oxygen atoms in total. The van der Waals surface area contributed by atoms with Crippen LogP contribution in [-0.4, -0.2) is 36.0 Å². The highest BCUT2D eigenvalue weighted by molar-refractivity contribution is 9.10. The molecule has 3 aromatic rings. The van der Waals surface area contributed by atoms with Gasteiger partial charge < -0.3 is 15.0 Å². The molecule has 31 heavy (non-hydrogen) atoms. The zero-order valence-electron chi connectivity index (χ0n) is 17.4. The highest BCUT2D eigenvalue weighted by Gasteiger charge is 2.20. The molecule has 1 fully saturated rings. The van der Waals surface area contributed by atoms with Gasteiger partial charge >= 0.3 is 6.03 Å². The summed E-state index contributed by atoms with van der Waals surface area (Å²) < 4.78 is 9.21. The lowest BCUT2D eigenvalue weighted by Crippen LogP contribution is -2.27. The lowest BCUT2D eigenvalue weighted by Gasteiger charge is -2.23. The van der Waals surface area contributed by atoms with Gasteiger partial charge in [-0.1, -0.05) is 12.8 Å². The number of nitrogens with zero attached hydrogens (tertiary/aromatic N) is 4. The first-order valence-electron chi connectivity index (χ1n) is 9.98. The van der Waals surface area contributed by atoms with Crippen molar-refractivity contribution in [1.82, 2.24) is 9.78 Å². The molecule has 2 amide bonds. The van der Waals surface area contributed by atoms with Crippen molar-refractivity contribution in [2.45, 2.75) is 12.8 Å². The Bertz CT molecular complexity index is 1060. The Balaban J connectivity index is 1.66. The molecule has 0 atom stereocenters. The normalized spacial score (nSPS) is 13.4. The molecule has 1 aliphatic rings. The van der Waals surface area contributed by atoms with E-state index in [0.29, 0.717) is 11.4 Å². The van der Waals surface area contributed by atoms with E-state index in [9.17, 15) is 4.79 Å². The number of rotatable bonds is 5. The number of hydrogen-bond acceptors (Lipinski definition) is 5. The molecule has 1 N–H and O–H groups in total. The Labute approximate surface area is 195 Å². The summed E-state index contributed by atoms with van der Waals surface area (Å²) in [4.78, 5) is 15.2. The van der Waals surface area contributed by atoms with Crippen LogP contribution >= 0.6 is 28.7 Å². The predicted octanol–water partition coefficient (Wildman–Crippen LogP) is 5.34. The minimum Gasteiger partial charge on any atom is -0.497 e. The summed E-state index contributed by atoms with van der Waals surface area (Å²) in [5, 5.41) is 7.21. The first-order valence-corrected chi connectivity index (χ1v) is 11.2. The van der Waals surface area contributed by atoms with Crippen molar-refractivity contribution >= 4 is 51.8 Å². The summed E-state index contributed by atoms with van der Waals surface area (Å²) in [5.41, 5.74) is 4.31. The number of hydrogen-bond donors (Lipinski definition) is 2. The summed E-state index contributed by atoms with van der Waals surface area (Å²) in [6.07, 6.45) is 4.10. The van der Waals surface area contributed by atoms with Crippen LogP contribution < -0.4 is 19.3 Å². The molecule has 1 aliphatic heterocycles. The van der Waals surface area contributed by atoms with Crippen LogP contribution in [0.15, 0.2) is 53.1 Å². The number of carbonyl (C=O) groups is 1. The lowest BCUT2D eigenvalue weighted by atomic mass is 10.1. The van der Waals surface area contributed by atoms with Gasteiger partial charge in [0.1, 0.15) is 5.75 Å². The third kappa shape index (κ3) is 4.67. The van der Waals surface area contributed by atoms with Gasteiger partial charge in [0, 0.05) is 37.1 Å². The SMILES string of the molecule is COc1ccc(NC(=O)N(S)c2cc(-c3c(Br)cnn3C)cc(N3CCCC3)c2)cc1. The molecule has 2 aromatic carbocycles. The van der Waals surface area contributed by atoms with Gasteiger partial charge in [0.2, 0.25) is 0 Å². The van der Waals surface area contributed by atoms with Crippen LogP contribution in [0.2, 0.25) is 0 Å². The van der Waals surface area contributed by atoms with E-state index in [1.165, 1.54) is 4.31 Å². The Kier molecular flexibility index (Phi) is 6.43. The van der Waals surface area contributed by atoms with E-state index >= 15 is 0 Å². The van der Waals surface area contributed by atoms with Crippen LogP contribution in [0.5, 0.6) is 5.75 Å². The highest BCUT2D eigenvalue weighted by Crippen LogP contribution is 2.36. The van der Waals surface area contributed by atoms with Crippen LogP contribution in [0.3, 0.4) is 0 Å². The first-order chi connectivity index (χ1) is 15.0. The van der Waals surface area contributed by atoms with E-state index in [4.69, 9.17) is 4.74 Å². The second-order valence-corrected chi connectivity index (χ2v) is 8.62. The van der Waals surface area contributed by atoms with Gasteiger partial charge in [-0.25, -0.2) is 9.10 Å². The van der Waals surface area contributed by atoms with E-state index in [1.807, 2.05) is 23.9 Å². The van der Waals surface area contributed by atoms with Crippen molar-refractivity contribution in [3.63, 3.8) is 0 Å². The van der Waals surface area contributed by atoms with E-state index < -0.39 is 0 Å². The number of nitrogens with one attached hydrogen (secondary N) is 1. The van der Waals surface area contributed by atoms with Gasteiger partial charge in [-0.15, -0.1) is 0 Å². The minimum absolute atomic E-state index is 0.345. The van der Waals surface area contributed by atoms with Gasteiger partial charge in [-0.3, -0.25) is 4.68 Å². The van der Waals surface area contributed by atoms with Crippen LogP contribution in [-0.2, 0) is 7.05 Å². The predicted molar refractivity (Wildman–Crippen MR) is 131 cm³/mol. The minimum atomic E-state index is -0.345. The monoisotopic (exact) mass is 501 g/mol. The molecule has 9 heteroatoms. The van der Waals surface area contributed by atoms with Gasteiger partial charge in [0.25, 0.3) is 0 Å². The number of methoxy groups -OCH3 is 1. The summed E-state index contributed by atoms with van der Waals surface area (Å²) >= 11 is 8.10. The second-order valence-electron chi connectivity index (χ2n) is 7.37. The van der Waals surface area contributed by atoms with E-state index in [1.54, 1.807) is 37.6 Å². The third-order valence-corrected chi connectivity index (χ3v) is 6.31. The smallest absolute Gasteiger partial charge is 0.336 e. The molecular weight excluding hydrogens is 478 g/mol. The number of carbonyl (C=O) groups excluding carboxylic acids is 1. The summed E-state index contributed by atoms with van der Waals surface area (Å²) in [7, 11) is 3.51. The molecular formula is C22H24BrN5O2S. The van der Waals surface area contributed by atoms with Crippen LogP contribution in [0, 0.1) is 0 Å². The number of aromatic nitrogens is 2. The van der Waals surface area contributed by atoms with Crippen molar-refractivity contribution in [3.05, 3.63) is 53.1 Å². The molecule has 0 spiro atoms. The largest absolute Gasteiger partial charge is 0.497 e. The summed E-state index contributed by atoms with van der Waals surface area (Å²) in [5.74, 6) is 0.727. The maximum absolute atomic E-state index is 12.9.